The second kappa shape index (κ2) is 6.83. The largest absolute Gasteiger partial charge is 0.337 e. The van der Waals surface area contributed by atoms with Gasteiger partial charge < -0.3 is 9.84 Å². The maximum atomic E-state index is 13.1. The summed E-state index contributed by atoms with van der Waals surface area (Å²) in [5.74, 6) is 6.64. The van der Waals surface area contributed by atoms with Crippen molar-refractivity contribution in [3.63, 3.8) is 0 Å². The zero-order chi connectivity index (χ0) is 17.1. The summed E-state index contributed by atoms with van der Waals surface area (Å²) in [6.07, 6.45) is 3.76. The zero-order valence-electron chi connectivity index (χ0n) is 13.4. The third-order valence-corrected chi connectivity index (χ3v) is 3.97. The van der Waals surface area contributed by atoms with E-state index in [1.165, 1.54) is 12.1 Å². The predicted octanol–water partition coefficient (Wildman–Crippen LogP) is 3.10. The van der Waals surface area contributed by atoms with Crippen molar-refractivity contribution in [2.24, 2.45) is 0 Å². The van der Waals surface area contributed by atoms with Gasteiger partial charge in [0.1, 0.15) is 11.5 Å². The van der Waals surface area contributed by atoms with E-state index in [1.807, 2.05) is 6.07 Å². The van der Waals surface area contributed by atoms with Gasteiger partial charge in [0.05, 0.1) is 6.04 Å². The Balaban J connectivity index is 1.50. The highest BCUT2D eigenvalue weighted by Crippen LogP contribution is 2.23. The van der Waals surface area contributed by atoms with Gasteiger partial charge >= 0.3 is 0 Å². The van der Waals surface area contributed by atoms with Crippen LogP contribution in [0.4, 0.5) is 4.39 Å². The van der Waals surface area contributed by atoms with Crippen LogP contribution in [0.5, 0.6) is 0 Å². The normalized spacial score (nSPS) is 16.4. The highest BCUT2D eigenvalue weighted by atomic mass is 19.1. The van der Waals surface area contributed by atoms with Crippen LogP contribution in [0.15, 0.2) is 47.1 Å². The quantitative estimate of drug-likeness (QED) is 0.730. The molecule has 1 atom stereocenters. The van der Waals surface area contributed by atoms with Crippen LogP contribution in [0.2, 0.25) is 0 Å². The third kappa shape index (κ3) is 3.57. The van der Waals surface area contributed by atoms with Crippen molar-refractivity contribution in [3.8, 4) is 23.4 Å². The molecule has 1 aliphatic heterocycles. The van der Waals surface area contributed by atoms with E-state index in [0.717, 1.165) is 24.9 Å². The molecule has 5 nitrogen and oxygen atoms in total. The van der Waals surface area contributed by atoms with Gasteiger partial charge in [0.15, 0.2) is 0 Å². The van der Waals surface area contributed by atoms with Crippen molar-refractivity contribution in [2.45, 2.75) is 18.9 Å². The number of nitrogens with one attached hydrogen (secondary N) is 1. The second-order valence-electron chi connectivity index (χ2n) is 5.80. The number of nitrogens with zero attached hydrogens (tertiary/aromatic N) is 3. The van der Waals surface area contributed by atoms with Gasteiger partial charge in [0.25, 0.3) is 0 Å². The molecule has 0 bridgehead atoms. The molecule has 1 aliphatic rings. The summed E-state index contributed by atoms with van der Waals surface area (Å²) in [5.41, 5.74) is 1.98. The fourth-order valence-electron chi connectivity index (χ4n) is 2.69. The van der Waals surface area contributed by atoms with E-state index in [1.54, 1.807) is 24.4 Å². The lowest BCUT2D eigenvalue weighted by molar-refractivity contribution is 0.345. The Bertz CT molecular complexity index is 934. The zero-order valence-corrected chi connectivity index (χ0v) is 13.4. The molecule has 25 heavy (non-hydrogen) atoms. The summed E-state index contributed by atoms with van der Waals surface area (Å²) in [6, 6.07) is 9.95. The van der Waals surface area contributed by atoms with Crippen LogP contribution in [-0.2, 0) is 0 Å². The monoisotopic (exact) mass is 334 g/mol. The molecular weight excluding hydrogens is 319 g/mol. The molecule has 0 aliphatic carbocycles. The van der Waals surface area contributed by atoms with E-state index in [0.29, 0.717) is 23.0 Å². The molecule has 3 aromatic rings. The molecule has 0 unspecified atom stereocenters. The van der Waals surface area contributed by atoms with Crippen LogP contribution in [-0.4, -0.2) is 21.7 Å². The first-order valence-corrected chi connectivity index (χ1v) is 8.09. The molecule has 1 aromatic carbocycles. The Morgan fingerprint density at radius 1 is 1.16 bits per heavy atom. The average Bonchev–Trinajstić information content (AvgIpc) is 3.32. The van der Waals surface area contributed by atoms with Crippen LogP contribution in [0.25, 0.3) is 11.5 Å². The molecule has 0 spiro atoms. The van der Waals surface area contributed by atoms with Crippen LogP contribution in [0.1, 0.15) is 35.9 Å². The second-order valence-corrected chi connectivity index (χ2v) is 5.80. The van der Waals surface area contributed by atoms with Crippen molar-refractivity contribution in [1.29, 1.82) is 0 Å². The minimum atomic E-state index is -0.301. The molecule has 124 valence electrons. The van der Waals surface area contributed by atoms with Gasteiger partial charge in [0.2, 0.25) is 11.7 Å². The molecule has 6 heteroatoms. The standard InChI is InChI=1S/C19H15FN4O/c20-15-4-1-3-13(11-15)6-7-14-8-9-16(22-12-14)18-23-19(25-24-18)17-5-2-10-21-17/h1,3-4,8-9,11-12,17,21H,2,5,10H2/t17-/m1/s1. The third-order valence-electron chi connectivity index (χ3n) is 3.97. The van der Waals surface area contributed by atoms with E-state index in [9.17, 15) is 4.39 Å². The van der Waals surface area contributed by atoms with Gasteiger partial charge in [-0.1, -0.05) is 23.1 Å². The maximum Gasteiger partial charge on any atom is 0.244 e. The highest BCUT2D eigenvalue weighted by Gasteiger charge is 2.22. The minimum absolute atomic E-state index is 0.137. The molecule has 0 radical (unpaired) electrons. The van der Waals surface area contributed by atoms with Crippen LogP contribution >= 0.6 is 0 Å². The van der Waals surface area contributed by atoms with E-state index < -0.39 is 0 Å². The van der Waals surface area contributed by atoms with E-state index in [-0.39, 0.29) is 11.9 Å². The van der Waals surface area contributed by atoms with Crippen LogP contribution in [0, 0.1) is 17.7 Å². The van der Waals surface area contributed by atoms with E-state index >= 15 is 0 Å². The lowest BCUT2D eigenvalue weighted by Crippen LogP contribution is -2.12. The molecule has 2 aromatic heterocycles. The van der Waals surface area contributed by atoms with Gasteiger partial charge in [-0.15, -0.1) is 0 Å². The summed E-state index contributed by atoms with van der Waals surface area (Å²) in [7, 11) is 0. The smallest absolute Gasteiger partial charge is 0.244 e. The van der Waals surface area contributed by atoms with Crippen LogP contribution in [0.3, 0.4) is 0 Å². The molecule has 1 fully saturated rings. The van der Waals surface area contributed by atoms with Crippen molar-refractivity contribution in [2.75, 3.05) is 6.54 Å². The number of hydrogen-bond acceptors (Lipinski definition) is 5. The number of benzene rings is 1. The molecular formula is C19H15FN4O. The van der Waals surface area contributed by atoms with Crippen molar-refractivity contribution >= 4 is 0 Å². The first kappa shape index (κ1) is 15.5. The van der Waals surface area contributed by atoms with Gasteiger partial charge in [-0.2, -0.15) is 4.98 Å². The van der Waals surface area contributed by atoms with Gasteiger partial charge in [0, 0.05) is 17.3 Å². The van der Waals surface area contributed by atoms with Gasteiger partial charge in [-0.25, -0.2) is 4.39 Å². The summed E-state index contributed by atoms with van der Waals surface area (Å²) >= 11 is 0. The van der Waals surface area contributed by atoms with Gasteiger partial charge in [-0.05, 0) is 49.7 Å². The van der Waals surface area contributed by atoms with Crippen LogP contribution < -0.4 is 5.32 Å². The number of hydrogen-bond donors (Lipinski definition) is 1. The lowest BCUT2D eigenvalue weighted by atomic mass is 10.2. The number of rotatable bonds is 2. The maximum absolute atomic E-state index is 13.1. The summed E-state index contributed by atoms with van der Waals surface area (Å²) < 4.78 is 18.5. The van der Waals surface area contributed by atoms with Crippen molar-refractivity contribution in [1.82, 2.24) is 20.4 Å². The summed E-state index contributed by atoms with van der Waals surface area (Å²) in [6.45, 7) is 0.972. The Morgan fingerprint density at radius 3 is 2.84 bits per heavy atom. The average molecular weight is 334 g/mol. The Hall–Kier alpha value is -3.04. The number of halogens is 1. The first-order valence-electron chi connectivity index (χ1n) is 8.09. The van der Waals surface area contributed by atoms with Crippen molar-refractivity contribution in [3.05, 3.63) is 65.4 Å². The fraction of sp³-hybridized carbons (Fsp3) is 0.211. The fourth-order valence-corrected chi connectivity index (χ4v) is 2.69. The van der Waals surface area contributed by atoms with Gasteiger partial charge in [-0.3, -0.25) is 4.98 Å². The summed E-state index contributed by atoms with van der Waals surface area (Å²) in [4.78, 5) is 8.75. The Labute approximate surface area is 144 Å². The SMILES string of the molecule is Fc1cccc(C#Cc2ccc(-c3noc([C@H]4CCCN4)n3)nc2)c1. The minimum Gasteiger partial charge on any atom is -0.337 e. The van der Waals surface area contributed by atoms with E-state index in [4.69, 9.17) is 4.52 Å². The molecule has 3 heterocycles. The molecule has 4 rings (SSSR count). The summed E-state index contributed by atoms with van der Waals surface area (Å²) in [5, 5.41) is 7.32. The van der Waals surface area contributed by atoms with E-state index in [2.05, 4.69) is 32.3 Å². The molecule has 1 saturated heterocycles. The lowest BCUT2D eigenvalue weighted by Gasteiger charge is -2.01. The highest BCUT2D eigenvalue weighted by molar-refractivity contribution is 5.51. The Kier molecular flexibility index (Phi) is 4.23. The predicted molar refractivity (Wildman–Crippen MR) is 89.9 cm³/mol. The molecule has 0 saturated carbocycles. The Morgan fingerprint density at radius 2 is 2.08 bits per heavy atom. The first-order chi connectivity index (χ1) is 12.3. The molecule has 1 N–H and O–H groups in total. The molecule has 0 amide bonds. The topological polar surface area (TPSA) is 63.8 Å². The van der Waals surface area contributed by atoms with Crippen molar-refractivity contribution < 1.29 is 8.91 Å². The number of pyridine rings is 1. The number of aromatic nitrogens is 3.